The summed E-state index contributed by atoms with van der Waals surface area (Å²) >= 11 is 1.68. The van der Waals surface area contributed by atoms with Crippen molar-refractivity contribution in [2.45, 2.75) is 49.4 Å². The lowest BCUT2D eigenvalue weighted by atomic mass is 10.1. The Balaban J connectivity index is 1.43. The molecule has 4 rings (SSSR count). The standard InChI is InChI=1S/C20H27N3O4S2/c1-14-4-5-16(12-15(14)2)29(26,27)22-10-8-21(9-11-22)19(25)17-13-28-20(3)7-6-18(24)23(17)20/h4-5,12,17H,6-11,13H2,1-3H3/t17-,20-/m0/s1. The van der Waals surface area contributed by atoms with E-state index in [1.54, 1.807) is 33.7 Å². The van der Waals surface area contributed by atoms with Crippen LogP contribution in [0.2, 0.25) is 0 Å². The third kappa shape index (κ3) is 3.47. The lowest BCUT2D eigenvalue weighted by molar-refractivity contribution is -0.144. The van der Waals surface area contributed by atoms with E-state index >= 15 is 0 Å². The second kappa shape index (κ2) is 7.28. The summed E-state index contributed by atoms with van der Waals surface area (Å²) in [6.07, 6.45) is 1.28. The summed E-state index contributed by atoms with van der Waals surface area (Å²) in [4.78, 5) is 28.9. The van der Waals surface area contributed by atoms with Gasteiger partial charge in [-0.2, -0.15) is 4.31 Å². The molecular formula is C20H27N3O4S2. The van der Waals surface area contributed by atoms with Crippen molar-refractivity contribution in [3.05, 3.63) is 29.3 Å². The van der Waals surface area contributed by atoms with Gasteiger partial charge in [-0.25, -0.2) is 8.42 Å². The molecule has 0 N–H and O–H groups in total. The van der Waals surface area contributed by atoms with Crippen molar-refractivity contribution in [1.29, 1.82) is 0 Å². The molecule has 9 heteroatoms. The van der Waals surface area contributed by atoms with Crippen molar-refractivity contribution in [1.82, 2.24) is 14.1 Å². The highest BCUT2D eigenvalue weighted by molar-refractivity contribution is 8.01. The third-order valence-corrected chi connectivity index (χ3v) is 9.80. The molecule has 0 radical (unpaired) electrons. The Morgan fingerprint density at radius 2 is 1.83 bits per heavy atom. The van der Waals surface area contributed by atoms with E-state index in [1.807, 2.05) is 26.8 Å². The first-order valence-corrected chi connectivity index (χ1v) is 12.4. The molecule has 158 valence electrons. The molecule has 3 aliphatic rings. The Kier molecular flexibility index (Phi) is 5.19. The summed E-state index contributed by atoms with van der Waals surface area (Å²) in [5.41, 5.74) is 1.99. The molecule has 0 aliphatic carbocycles. The van der Waals surface area contributed by atoms with Gasteiger partial charge in [0.25, 0.3) is 0 Å². The smallest absolute Gasteiger partial charge is 0.246 e. The van der Waals surface area contributed by atoms with E-state index in [4.69, 9.17) is 0 Å². The van der Waals surface area contributed by atoms with Crippen LogP contribution in [0.25, 0.3) is 0 Å². The quantitative estimate of drug-likeness (QED) is 0.718. The first-order valence-electron chi connectivity index (χ1n) is 9.96. The van der Waals surface area contributed by atoms with Crippen LogP contribution >= 0.6 is 11.8 Å². The SMILES string of the molecule is Cc1ccc(S(=O)(=O)N2CCN(C(=O)[C@@H]3CS[C@@]4(C)CCC(=O)N34)CC2)cc1C. The zero-order valence-corrected chi connectivity index (χ0v) is 18.7. The zero-order chi connectivity index (χ0) is 21.0. The maximum absolute atomic E-state index is 13.1. The van der Waals surface area contributed by atoms with E-state index in [-0.39, 0.29) is 29.8 Å². The highest BCUT2D eigenvalue weighted by atomic mass is 32.2. The number of sulfonamides is 1. The summed E-state index contributed by atoms with van der Waals surface area (Å²) in [7, 11) is -3.58. The van der Waals surface area contributed by atoms with Gasteiger partial charge in [0.1, 0.15) is 6.04 Å². The maximum Gasteiger partial charge on any atom is 0.246 e. The Morgan fingerprint density at radius 3 is 2.48 bits per heavy atom. The predicted octanol–water partition coefficient (Wildman–Crippen LogP) is 1.59. The Hall–Kier alpha value is -1.58. The number of nitrogens with zero attached hydrogens (tertiary/aromatic N) is 3. The fourth-order valence-corrected chi connectivity index (χ4v) is 7.32. The van der Waals surface area contributed by atoms with Gasteiger partial charge in [-0.05, 0) is 50.5 Å². The van der Waals surface area contributed by atoms with Crippen LogP contribution in [0.1, 0.15) is 30.9 Å². The third-order valence-electron chi connectivity index (χ3n) is 6.40. The normalized spacial score (nSPS) is 28.1. The van der Waals surface area contributed by atoms with Crippen LogP contribution < -0.4 is 0 Å². The first-order chi connectivity index (χ1) is 13.6. The lowest BCUT2D eigenvalue weighted by Crippen LogP contribution is -2.56. The average Bonchev–Trinajstić information content (AvgIpc) is 3.19. The number of rotatable bonds is 3. The number of hydrogen-bond acceptors (Lipinski definition) is 5. The molecule has 3 fully saturated rings. The summed E-state index contributed by atoms with van der Waals surface area (Å²) in [5, 5.41) is 0. The number of carbonyl (C=O) groups excluding carboxylic acids is 2. The number of carbonyl (C=O) groups is 2. The number of fused-ring (bicyclic) bond motifs is 1. The molecule has 29 heavy (non-hydrogen) atoms. The van der Waals surface area contributed by atoms with Crippen LogP contribution in [0.5, 0.6) is 0 Å². The Bertz CT molecular complexity index is 956. The van der Waals surface area contributed by atoms with Crippen molar-refractivity contribution >= 4 is 33.6 Å². The van der Waals surface area contributed by atoms with Crippen LogP contribution in [-0.4, -0.2) is 77.2 Å². The van der Waals surface area contributed by atoms with Crippen molar-refractivity contribution in [2.75, 3.05) is 31.9 Å². The first kappa shape index (κ1) is 20.7. The minimum atomic E-state index is -3.58. The van der Waals surface area contributed by atoms with E-state index in [9.17, 15) is 18.0 Å². The summed E-state index contributed by atoms with van der Waals surface area (Å²) in [6, 6.07) is 4.75. The van der Waals surface area contributed by atoms with Gasteiger partial charge in [0.15, 0.2) is 0 Å². The maximum atomic E-state index is 13.1. The molecule has 3 saturated heterocycles. The second-order valence-electron chi connectivity index (χ2n) is 8.24. The van der Waals surface area contributed by atoms with E-state index in [2.05, 4.69) is 0 Å². The van der Waals surface area contributed by atoms with Crippen molar-refractivity contribution in [3.63, 3.8) is 0 Å². The summed E-state index contributed by atoms with van der Waals surface area (Å²) in [6.45, 7) is 7.12. The number of benzene rings is 1. The molecule has 0 saturated carbocycles. The van der Waals surface area contributed by atoms with Crippen LogP contribution in [-0.2, 0) is 19.6 Å². The van der Waals surface area contributed by atoms with Crippen LogP contribution in [0, 0.1) is 13.8 Å². The van der Waals surface area contributed by atoms with E-state index in [0.717, 1.165) is 17.5 Å². The van der Waals surface area contributed by atoms with E-state index in [1.165, 1.54) is 4.31 Å². The fourth-order valence-electron chi connectivity index (χ4n) is 4.39. The summed E-state index contributed by atoms with van der Waals surface area (Å²) < 4.78 is 27.4. The Labute approximate surface area is 176 Å². The molecule has 7 nitrogen and oxygen atoms in total. The number of aryl methyl sites for hydroxylation is 2. The minimum absolute atomic E-state index is 0.0480. The van der Waals surface area contributed by atoms with Crippen molar-refractivity contribution in [3.8, 4) is 0 Å². The molecule has 0 bridgehead atoms. The van der Waals surface area contributed by atoms with Gasteiger partial charge in [-0.1, -0.05) is 6.07 Å². The molecular weight excluding hydrogens is 410 g/mol. The Morgan fingerprint density at radius 1 is 1.14 bits per heavy atom. The number of amides is 2. The highest BCUT2D eigenvalue weighted by Gasteiger charge is 2.53. The molecule has 2 amide bonds. The molecule has 0 spiro atoms. The lowest BCUT2D eigenvalue weighted by Gasteiger charge is -2.37. The molecule has 1 aromatic rings. The van der Waals surface area contributed by atoms with Gasteiger partial charge in [0.2, 0.25) is 21.8 Å². The van der Waals surface area contributed by atoms with Gasteiger partial charge in [-0.15, -0.1) is 11.8 Å². The summed E-state index contributed by atoms with van der Waals surface area (Å²) in [5.74, 6) is 0.605. The molecule has 3 aliphatic heterocycles. The monoisotopic (exact) mass is 437 g/mol. The predicted molar refractivity (Wildman–Crippen MR) is 112 cm³/mol. The number of thioether (sulfide) groups is 1. The number of hydrogen-bond donors (Lipinski definition) is 0. The van der Waals surface area contributed by atoms with Crippen molar-refractivity contribution < 1.29 is 18.0 Å². The van der Waals surface area contributed by atoms with E-state index in [0.29, 0.717) is 30.2 Å². The minimum Gasteiger partial charge on any atom is -0.338 e. The average molecular weight is 438 g/mol. The molecule has 3 heterocycles. The second-order valence-corrected chi connectivity index (χ2v) is 11.7. The van der Waals surface area contributed by atoms with Gasteiger partial charge >= 0.3 is 0 Å². The van der Waals surface area contributed by atoms with Gasteiger partial charge in [-0.3, -0.25) is 9.59 Å². The molecule has 1 aromatic carbocycles. The van der Waals surface area contributed by atoms with Crippen molar-refractivity contribution in [2.24, 2.45) is 0 Å². The van der Waals surface area contributed by atoms with Gasteiger partial charge in [0, 0.05) is 38.4 Å². The molecule has 0 aromatic heterocycles. The van der Waals surface area contributed by atoms with Gasteiger partial charge in [0.05, 0.1) is 9.77 Å². The van der Waals surface area contributed by atoms with Crippen LogP contribution in [0.4, 0.5) is 0 Å². The highest BCUT2D eigenvalue weighted by Crippen LogP contribution is 2.47. The van der Waals surface area contributed by atoms with E-state index < -0.39 is 16.1 Å². The zero-order valence-electron chi connectivity index (χ0n) is 17.1. The topological polar surface area (TPSA) is 78.0 Å². The molecule has 0 unspecified atom stereocenters. The fraction of sp³-hybridized carbons (Fsp3) is 0.600. The largest absolute Gasteiger partial charge is 0.338 e. The number of piperazine rings is 1. The van der Waals surface area contributed by atoms with Crippen LogP contribution in [0.15, 0.2) is 23.1 Å². The van der Waals surface area contributed by atoms with Crippen LogP contribution in [0.3, 0.4) is 0 Å². The molecule has 2 atom stereocenters. The van der Waals surface area contributed by atoms with Gasteiger partial charge < -0.3 is 9.80 Å².